The molecule has 0 aliphatic carbocycles. The minimum absolute atomic E-state index is 0.156. The van der Waals surface area contributed by atoms with Crippen LogP contribution in [-0.4, -0.2) is 37.8 Å². The SMILES string of the molecule is CCCCOc1c(C(=O)Nc2ccc(C(=O)OC)cc2OC(C)C)ccc(N)c1OC(C)C. The number of methoxy groups -OCH3 is 1. The van der Waals surface area contributed by atoms with Gasteiger partial charge in [0.15, 0.2) is 11.5 Å². The zero-order chi connectivity index (χ0) is 24.5. The first kappa shape index (κ1) is 25.8. The van der Waals surface area contributed by atoms with Crippen molar-refractivity contribution in [3.05, 3.63) is 41.5 Å². The highest BCUT2D eigenvalue weighted by molar-refractivity contribution is 6.08. The molecule has 33 heavy (non-hydrogen) atoms. The number of ether oxygens (including phenoxy) is 4. The monoisotopic (exact) mass is 458 g/mol. The van der Waals surface area contributed by atoms with Gasteiger partial charge in [0.25, 0.3) is 5.91 Å². The summed E-state index contributed by atoms with van der Waals surface area (Å²) in [6.45, 7) is 9.93. The first-order chi connectivity index (χ1) is 15.7. The molecule has 0 aliphatic rings. The number of anilines is 2. The lowest BCUT2D eigenvalue weighted by Crippen LogP contribution is -2.18. The molecule has 0 unspecified atom stereocenters. The van der Waals surface area contributed by atoms with Crippen LogP contribution in [0.2, 0.25) is 0 Å². The predicted molar refractivity (Wildman–Crippen MR) is 129 cm³/mol. The molecule has 0 bridgehead atoms. The molecule has 2 aromatic carbocycles. The molecule has 0 atom stereocenters. The van der Waals surface area contributed by atoms with Crippen LogP contribution in [0.15, 0.2) is 30.3 Å². The van der Waals surface area contributed by atoms with Crippen LogP contribution in [0.5, 0.6) is 17.2 Å². The largest absolute Gasteiger partial charge is 0.489 e. The predicted octanol–water partition coefficient (Wildman–Crippen LogP) is 5.06. The quantitative estimate of drug-likeness (QED) is 0.275. The van der Waals surface area contributed by atoms with Gasteiger partial charge in [-0.2, -0.15) is 0 Å². The standard InChI is InChI=1S/C25H34N2O6/c1-7-8-13-31-22-18(10-11-19(26)23(22)33-16(4)5)24(28)27-20-12-9-17(25(29)30-6)14-21(20)32-15(2)3/h9-12,14-16H,7-8,13,26H2,1-6H3,(H,27,28). The van der Waals surface area contributed by atoms with Crippen molar-refractivity contribution in [3.8, 4) is 17.2 Å². The number of benzene rings is 2. The fourth-order valence-electron chi connectivity index (χ4n) is 2.99. The molecule has 0 spiro atoms. The number of carbonyl (C=O) groups is 2. The zero-order valence-electron chi connectivity index (χ0n) is 20.2. The van der Waals surface area contributed by atoms with Crippen molar-refractivity contribution in [2.24, 2.45) is 0 Å². The Hall–Kier alpha value is -3.42. The van der Waals surface area contributed by atoms with Gasteiger partial charge in [-0.15, -0.1) is 0 Å². The smallest absolute Gasteiger partial charge is 0.337 e. The Balaban J connectivity index is 2.45. The van der Waals surface area contributed by atoms with Gasteiger partial charge in [-0.3, -0.25) is 4.79 Å². The minimum Gasteiger partial charge on any atom is -0.489 e. The fraction of sp³-hybridized carbons (Fsp3) is 0.440. The van der Waals surface area contributed by atoms with Crippen molar-refractivity contribution in [1.82, 2.24) is 0 Å². The van der Waals surface area contributed by atoms with E-state index in [1.165, 1.54) is 13.2 Å². The summed E-state index contributed by atoms with van der Waals surface area (Å²) >= 11 is 0. The first-order valence-corrected chi connectivity index (χ1v) is 11.1. The number of nitrogens with two attached hydrogens (primary N) is 1. The Morgan fingerprint density at radius 3 is 2.30 bits per heavy atom. The summed E-state index contributed by atoms with van der Waals surface area (Å²) in [4.78, 5) is 25.2. The Bertz CT molecular complexity index is 972. The van der Waals surface area contributed by atoms with E-state index in [0.29, 0.717) is 40.8 Å². The van der Waals surface area contributed by atoms with Gasteiger partial charge in [0.2, 0.25) is 0 Å². The van der Waals surface area contributed by atoms with Crippen LogP contribution in [0.1, 0.15) is 68.2 Å². The Kier molecular flexibility index (Phi) is 9.39. The molecule has 8 heteroatoms. The average molecular weight is 459 g/mol. The van der Waals surface area contributed by atoms with Crippen LogP contribution >= 0.6 is 0 Å². The normalized spacial score (nSPS) is 10.8. The van der Waals surface area contributed by atoms with Gasteiger partial charge < -0.3 is 30.0 Å². The molecule has 0 radical (unpaired) electrons. The van der Waals surface area contributed by atoms with Gasteiger partial charge in [0, 0.05) is 0 Å². The van der Waals surface area contributed by atoms with E-state index in [-0.39, 0.29) is 17.8 Å². The van der Waals surface area contributed by atoms with E-state index in [1.54, 1.807) is 24.3 Å². The van der Waals surface area contributed by atoms with Gasteiger partial charge in [-0.25, -0.2) is 4.79 Å². The molecule has 1 amide bonds. The molecule has 0 saturated carbocycles. The maximum Gasteiger partial charge on any atom is 0.337 e. The maximum atomic E-state index is 13.3. The van der Waals surface area contributed by atoms with Gasteiger partial charge in [0.05, 0.1) is 48.4 Å². The molecule has 8 nitrogen and oxygen atoms in total. The number of nitrogens with one attached hydrogen (secondary N) is 1. The van der Waals surface area contributed by atoms with Crippen molar-refractivity contribution in [2.45, 2.75) is 59.7 Å². The summed E-state index contributed by atoms with van der Waals surface area (Å²) in [7, 11) is 1.30. The van der Waals surface area contributed by atoms with Gasteiger partial charge in [-0.1, -0.05) is 13.3 Å². The average Bonchev–Trinajstić information content (AvgIpc) is 2.76. The second-order valence-corrected chi connectivity index (χ2v) is 8.05. The summed E-state index contributed by atoms with van der Waals surface area (Å²) in [5.41, 5.74) is 7.52. The summed E-state index contributed by atoms with van der Waals surface area (Å²) < 4.78 is 22.4. The minimum atomic E-state index is -0.498. The highest BCUT2D eigenvalue weighted by Crippen LogP contribution is 2.39. The highest BCUT2D eigenvalue weighted by atomic mass is 16.5. The summed E-state index contributed by atoms with van der Waals surface area (Å²) in [6.07, 6.45) is 1.42. The van der Waals surface area contributed by atoms with Gasteiger partial charge >= 0.3 is 5.97 Å². The van der Waals surface area contributed by atoms with Gasteiger partial charge in [0.1, 0.15) is 5.75 Å². The number of esters is 1. The first-order valence-electron chi connectivity index (χ1n) is 11.1. The number of unbranched alkanes of at least 4 members (excludes halogenated alkanes) is 1. The van der Waals surface area contributed by atoms with Crippen LogP contribution < -0.4 is 25.3 Å². The Labute approximate surface area is 195 Å². The van der Waals surface area contributed by atoms with Crippen LogP contribution in [0.25, 0.3) is 0 Å². The lowest BCUT2D eigenvalue weighted by Gasteiger charge is -2.20. The number of hydrogen-bond acceptors (Lipinski definition) is 7. The Morgan fingerprint density at radius 2 is 1.70 bits per heavy atom. The van der Waals surface area contributed by atoms with E-state index in [0.717, 1.165) is 12.8 Å². The topological polar surface area (TPSA) is 109 Å². The lowest BCUT2D eigenvalue weighted by molar-refractivity contribution is 0.0600. The van der Waals surface area contributed by atoms with Crippen LogP contribution in [0, 0.1) is 0 Å². The maximum absolute atomic E-state index is 13.3. The van der Waals surface area contributed by atoms with Crippen LogP contribution in [0.3, 0.4) is 0 Å². The van der Waals surface area contributed by atoms with E-state index >= 15 is 0 Å². The van der Waals surface area contributed by atoms with E-state index in [2.05, 4.69) is 12.2 Å². The summed E-state index contributed by atoms with van der Waals surface area (Å²) in [6, 6.07) is 7.92. The number of carbonyl (C=O) groups excluding carboxylic acids is 2. The molecule has 0 aromatic heterocycles. The number of nitrogen functional groups attached to an aromatic ring is 1. The van der Waals surface area contributed by atoms with Crippen LogP contribution in [0.4, 0.5) is 11.4 Å². The molecule has 0 fully saturated rings. The van der Waals surface area contributed by atoms with Crippen molar-refractivity contribution < 1.29 is 28.5 Å². The Morgan fingerprint density at radius 1 is 1.00 bits per heavy atom. The van der Waals surface area contributed by atoms with Crippen molar-refractivity contribution in [3.63, 3.8) is 0 Å². The van der Waals surface area contributed by atoms with Gasteiger partial charge in [-0.05, 0) is 64.4 Å². The van der Waals surface area contributed by atoms with Crippen molar-refractivity contribution in [2.75, 3.05) is 24.8 Å². The third-order valence-electron chi connectivity index (χ3n) is 4.50. The molecule has 0 heterocycles. The molecule has 3 N–H and O–H groups in total. The molecular weight excluding hydrogens is 424 g/mol. The molecule has 0 aliphatic heterocycles. The molecule has 2 aromatic rings. The second-order valence-electron chi connectivity index (χ2n) is 8.05. The van der Waals surface area contributed by atoms with E-state index in [1.807, 2.05) is 27.7 Å². The number of hydrogen-bond donors (Lipinski definition) is 2. The lowest BCUT2D eigenvalue weighted by atomic mass is 10.1. The van der Waals surface area contributed by atoms with Crippen LogP contribution in [-0.2, 0) is 4.74 Å². The molecule has 180 valence electrons. The third-order valence-corrected chi connectivity index (χ3v) is 4.50. The molecule has 0 saturated heterocycles. The van der Waals surface area contributed by atoms with E-state index in [9.17, 15) is 9.59 Å². The zero-order valence-corrected chi connectivity index (χ0v) is 20.2. The number of rotatable bonds is 11. The fourth-order valence-corrected chi connectivity index (χ4v) is 2.99. The van der Waals surface area contributed by atoms with E-state index < -0.39 is 11.9 Å². The van der Waals surface area contributed by atoms with Crippen molar-refractivity contribution in [1.29, 1.82) is 0 Å². The molecular formula is C25H34N2O6. The second kappa shape index (κ2) is 12.0. The third kappa shape index (κ3) is 7.03. The van der Waals surface area contributed by atoms with Crippen molar-refractivity contribution >= 4 is 23.3 Å². The number of amides is 1. The summed E-state index contributed by atoms with van der Waals surface area (Å²) in [5.74, 6) is 0.0704. The highest BCUT2D eigenvalue weighted by Gasteiger charge is 2.23. The van der Waals surface area contributed by atoms with E-state index in [4.69, 9.17) is 24.7 Å². The summed E-state index contributed by atoms with van der Waals surface area (Å²) in [5, 5.41) is 2.85. The molecule has 2 rings (SSSR count).